The van der Waals surface area contributed by atoms with Crippen LogP contribution in [0.15, 0.2) is 0 Å². The molecule has 2 heteroatoms. The van der Waals surface area contributed by atoms with Crippen molar-refractivity contribution in [2.45, 2.75) is 60.3 Å². The topological polar surface area (TPSA) is 26.3 Å². The largest absolute Gasteiger partial charge is 0.465 e. The molecule has 0 radical (unpaired) electrons. The van der Waals surface area contributed by atoms with Crippen LogP contribution in [-0.2, 0) is 9.53 Å². The molecule has 3 atom stereocenters. The van der Waals surface area contributed by atoms with Gasteiger partial charge in [-0.1, -0.05) is 20.8 Å². The number of hydrogen-bond acceptors (Lipinski definition) is 2. The first kappa shape index (κ1) is 13.9. The Hall–Kier alpha value is -0.530. The molecule has 2 bridgehead atoms. The van der Waals surface area contributed by atoms with Crippen LogP contribution < -0.4 is 0 Å². The number of fused-ring (bicyclic) bond motifs is 2. The van der Waals surface area contributed by atoms with E-state index in [1.807, 2.05) is 20.8 Å². The first-order valence-corrected chi connectivity index (χ1v) is 7.46. The van der Waals surface area contributed by atoms with Crippen LogP contribution in [0.3, 0.4) is 0 Å². The summed E-state index contributed by atoms with van der Waals surface area (Å²) in [6.45, 7) is 11.4. The molecule has 3 aliphatic carbocycles. The van der Waals surface area contributed by atoms with Crippen LogP contribution in [0.25, 0.3) is 0 Å². The van der Waals surface area contributed by atoms with Crippen LogP contribution in [0.1, 0.15) is 60.3 Å². The van der Waals surface area contributed by atoms with E-state index in [9.17, 15) is 4.79 Å². The lowest BCUT2D eigenvalue weighted by atomic mass is 9.46. The van der Waals surface area contributed by atoms with Gasteiger partial charge in [0.25, 0.3) is 0 Å². The molecule has 0 heterocycles. The summed E-state index contributed by atoms with van der Waals surface area (Å²) in [5, 5.41) is 0. The smallest absolute Gasteiger partial charge is 0.311 e. The summed E-state index contributed by atoms with van der Waals surface area (Å²) in [6.07, 6.45) is 4.77. The van der Waals surface area contributed by atoms with Crippen molar-refractivity contribution < 1.29 is 9.53 Å². The van der Waals surface area contributed by atoms with Gasteiger partial charge in [0.2, 0.25) is 0 Å². The summed E-state index contributed by atoms with van der Waals surface area (Å²) in [7, 11) is 0. The second-order valence-corrected chi connectivity index (χ2v) is 7.53. The fraction of sp³-hybridized carbons (Fsp3) is 0.938. The number of carbonyl (C=O) groups excluding carboxylic acids is 1. The maximum Gasteiger partial charge on any atom is 0.311 e. The van der Waals surface area contributed by atoms with Gasteiger partial charge in [0.05, 0.1) is 12.0 Å². The summed E-state index contributed by atoms with van der Waals surface area (Å²) in [4.78, 5) is 12.0. The molecule has 104 valence electrons. The Morgan fingerprint density at radius 3 is 2.50 bits per heavy atom. The van der Waals surface area contributed by atoms with E-state index >= 15 is 0 Å². The minimum Gasteiger partial charge on any atom is -0.465 e. The molecule has 3 aliphatic rings. The highest BCUT2D eigenvalue weighted by atomic mass is 16.5. The minimum absolute atomic E-state index is 0.0238. The first-order chi connectivity index (χ1) is 8.29. The van der Waals surface area contributed by atoms with Gasteiger partial charge in [-0.25, -0.2) is 0 Å². The molecule has 0 aromatic carbocycles. The highest BCUT2D eigenvalue weighted by molar-refractivity contribution is 5.75. The highest BCUT2D eigenvalue weighted by Crippen LogP contribution is 2.61. The number of rotatable bonds is 4. The maximum atomic E-state index is 12.0. The van der Waals surface area contributed by atoms with Gasteiger partial charge in [0.15, 0.2) is 0 Å². The van der Waals surface area contributed by atoms with Crippen molar-refractivity contribution in [3.05, 3.63) is 0 Å². The Kier molecular flexibility index (Phi) is 3.50. The van der Waals surface area contributed by atoms with Gasteiger partial charge in [-0.05, 0) is 62.7 Å². The van der Waals surface area contributed by atoms with E-state index in [-0.39, 0.29) is 11.4 Å². The lowest BCUT2D eigenvalue weighted by molar-refractivity contribution is -0.165. The third-order valence-corrected chi connectivity index (χ3v) is 5.87. The van der Waals surface area contributed by atoms with E-state index in [2.05, 4.69) is 13.8 Å². The van der Waals surface area contributed by atoms with Crippen molar-refractivity contribution in [1.29, 1.82) is 0 Å². The monoisotopic (exact) mass is 252 g/mol. The van der Waals surface area contributed by atoms with Crippen molar-refractivity contribution in [2.75, 3.05) is 6.61 Å². The Morgan fingerprint density at radius 2 is 2.00 bits per heavy atom. The zero-order valence-corrected chi connectivity index (χ0v) is 12.6. The van der Waals surface area contributed by atoms with Crippen molar-refractivity contribution in [3.63, 3.8) is 0 Å². The van der Waals surface area contributed by atoms with Crippen LogP contribution in [0.4, 0.5) is 0 Å². The molecule has 3 fully saturated rings. The zero-order chi connectivity index (χ0) is 13.6. The molecule has 0 N–H and O–H groups in total. The van der Waals surface area contributed by atoms with Gasteiger partial charge >= 0.3 is 5.97 Å². The molecule has 0 spiro atoms. The first-order valence-electron chi connectivity index (χ1n) is 7.46. The van der Waals surface area contributed by atoms with Crippen molar-refractivity contribution in [2.24, 2.45) is 28.6 Å². The van der Waals surface area contributed by atoms with E-state index in [0.29, 0.717) is 17.9 Å². The van der Waals surface area contributed by atoms with Gasteiger partial charge in [-0.15, -0.1) is 0 Å². The lowest BCUT2D eigenvalue weighted by Crippen LogP contribution is -2.53. The Labute approximate surface area is 111 Å². The number of esters is 1. The molecule has 0 aromatic rings. The van der Waals surface area contributed by atoms with Crippen molar-refractivity contribution in [3.8, 4) is 0 Å². The van der Waals surface area contributed by atoms with E-state index in [1.165, 1.54) is 19.3 Å². The summed E-state index contributed by atoms with van der Waals surface area (Å²) in [5.74, 6) is 2.26. The molecule has 0 unspecified atom stereocenters. The molecule has 0 aromatic heterocycles. The molecular weight excluding hydrogens is 224 g/mol. The SMILES string of the molecule is CCC(C)(C)C(=O)OC[C@H]1CC[C@@H]2C[C@H]1C2(C)C. The number of hydrogen-bond donors (Lipinski definition) is 0. The van der Waals surface area contributed by atoms with Crippen LogP contribution in [-0.4, -0.2) is 12.6 Å². The Bertz CT molecular complexity index is 328. The van der Waals surface area contributed by atoms with E-state index < -0.39 is 0 Å². The predicted molar refractivity (Wildman–Crippen MR) is 73.1 cm³/mol. The van der Waals surface area contributed by atoms with Gasteiger partial charge in [-0.2, -0.15) is 0 Å². The Morgan fingerprint density at radius 1 is 1.33 bits per heavy atom. The maximum absolute atomic E-state index is 12.0. The molecule has 2 nitrogen and oxygen atoms in total. The summed E-state index contributed by atoms with van der Waals surface area (Å²) >= 11 is 0. The number of carbonyl (C=O) groups is 1. The van der Waals surface area contributed by atoms with Crippen molar-refractivity contribution >= 4 is 5.97 Å². The minimum atomic E-state index is -0.327. The predicted octanol–water partition coefficient (Wildman–Crippen LogP) is 4.04. The lowest BCUT2D eigenvalue weighted by Gasteiger charge is -2.60. The van der Waals surface area contributed by atoms with Crippen LogP contribution in [0.5, 0.6) is 0 Å². The summed E-state index contributed by atoms with van der Waals surface area (Å²) in [5.41, 5.74) is 0.155. The molecule has 0 saturated heterocycles. The summed E-state index contributed by atoms with van der Waals surface area (Å²) in [6, 6.07) is 0. The zero-order valence-electron chi connectivity index (χ0n) is 12.6. The second-order valence-electron chi connectivity index (χ2n) is 7.53. The van der Waals surface area contributed by atoms with Crippen LogP contribution >= 0.6 is 0 Å². The summed E-state index contributed by atoms with van der Waals surface area (Å²) < 4.78 is 5.59. The molecule has 0 aliphatic heterocycles. The Balaban J connectivity index is 1.86. The highest BCUT2D eigenvalue weighted by Gasteiger charge is 2.54. The average molecular weight is 252 g/mol. The molecule has 18 heavy (non-hydrogen) atoms. The second kappa shape index (κ2) is 4.54. The van der Waals surface area contributed by atoms with Gasteiger partial charge < -0.3 is 4.74 Å². The molecule has 0 amide bonds. The fourth-order valence-corrected chi connectivity index (χ4v) is 3.68. The average Bonchev–Trinajstić information content (AvgIpc) is 2.35. The molecular formula is C16H28O2. The third-order valence-electron chi connectivity index (χ3n) is 5.87. The third kappa shape index (κ3) is 2.19. The van der Waals surface area contributed by atoms with Crippen LogP contribution in [0.2, 0.25) is 0 Å². The van der Waals surface area contributed by atoms with Crippen LogP contribution in [0, 0.1) is 28.6 Å². The van der Waals surface area contributed by atoms with Gasteiger partial charge in [0.1, 0.15) is 0 Å². The van der Waals surface area contributed by atoms with Gasteiger partial charge in [0, 0.05) is 0 Å². The van der Waals surface area contributed by atoms with E-state index in [0.717, 1.165) is 18.3 Å². The molecule has 3 rings (SSSR count). The van der Waals surface area contributed by atoms with Crippen molar-refractivity contribution in [1.82, 2.24) is 0 Å². The molecule has 3 saturated carbocycles. The number of ether oxygens (including phenoxy) is 1. The standard InChI is InChI=1S/C16H28O2/c1-6-15(2,3)14(17)18-10-11-7-8-12-9-13(11)16(12,4)5/h11-13H,6-10H2,1-5H3/t11-,12-,13-/m1/s1. The van der Waals surface area contributed by atoms with E-state index in [4.69, 9.17) is 4.74 Å². The normalized spacial score (nSPS) is 33.7. The van der Waals surface area contributed by atoms with Gasteiger partial charge in [-0.3, -0.25) is 4.79 Å². The van der Waals surface area contributed by atoms with E-state index in [1.54, 1.807) is 0 Å². The fourth-order valence-electron chi connectivity index (χ4n) is 3.68. The quantitative estimate of drug-likeness (QED) is 0.706.